The van der Waals surface area contributed by atoms with Gasteiger partial charge in [0.1, 0.15) is 11.5 Å². The molecule has 0 spiro atoms. The Kier molecular flexibility index (Phi) is 5.28. The Bertz CT molecular complexity index is 655. The first-order chi connectivity index (χ1) is 10.5. The van der Waals surface area contributed by atoms with Crippen LogP contribution in [0.2, 0.25) is 5.02 Å². The van der Waals surface area contributed by atoms with Crippen molar-refractivity contribution < 1.29 is 14.6 Å². The second-order valence-corrected chi connectivity index (χ2v) is 5.28. The number of benzene rings is 2. The number of carbonyl (C=O) groups is 1. The van der Waals surface area contributed by atoms with Crippen molar-refractivity contribution in [1.82, 2.24) is 5.32 Å². The molecule has 0 aromatic heterocycles. The van der Waals surface area contributed by atoms with Gasteiger partial charge in [-0.05, 0) is 42.3 Å². The molecule has 4 nitrogen and oxygen atoms in total. The van der Waals surface area contributed by atoms with Crippen LogP contribution in [-0.4, -0.2) is 18.1 Å². The molecule has 0 aliphatic rings. The Morgan fingerprint density at radius 3 is 2.50 bits per heavy atom. The second-order valence-electron chi connectivity index (χ2n) is 4.87. The maximum atomic E-state index is 12.3. The van der Waals surface area contributed by atoms with E-state index in [0.29, 0.717) is 5.56 Å². The van der Waals surface area contributed by atoms with Crippen LogP contribution >= 0.6 is 11.6 Å². The van der Waals surface area contributed by atoms with Crippen LogP contribution in [0.4, 0.5) is 0 Å². The predicted octanol–water partition coefficient (Wildman–Crippen LogP) is 3.94. The second kappa shape index (κ2) is 7.18. The number of aromatic hydroxyl groups is 1. The van der Waals surface area contributed by atoms with E-state index in [0.717, 1.165) is 17.7 Å². The van der Waals surface area contributed by atoms with Gasteiger partial charge in [-0.2, -0.15) is 0 Å². The number of ether oxygens (including phenoxy) is 1. The lowest BCUT2D eigenvalue weighted by Crippen LogP contribution is -2.28. The van der Waals surface area contributed by atoms with Crippen LogP contribution in [0.3, 0.4) is 0 Å². The zero-order chi connectivity index (χ0) is 16.1. The fourth-order valence-electron chi connectivity index (χ4n) is 2.15. The van der Waals surface area contributed by atoms with Gasteiger partial charge in [0, 0.05) is 5.56 Å². The topological polar surface area (TPSA) is 58.6 Å². The van der Waals surface area contributed by atoms with E-state index in [9.17, 15) is 9.90 Å². The molecule has 2 N–H and O–H groups in total. The number of hydrogen-bond donors (Lipinski definition) is 2. The van der Waals surface area contributed by atoms with Gasteiger partial charge >= 0.3 is 0 Å². The van der Waals surface area contributed by atoms with Crippen LogP contribution < -0.4 is 10.1 Å². The molecule has 22 heavy (non-hydrogen) atoms. The van der Waals surface area contributed by atoms with E-state index in [1.807, 2.05) is 31.2 Å². The highest BCUT2D eigenvalue weighted by Crippen LogP contribution is 2.25. The van der Waals surface area contributed by atoms with Crippen molar-refractivity contribution >= 4 is 17.5 Å². The first kappa shape index (κ1) is 16.2. The van der Waals surface area contributed by atoms with Crippen molar-refractivity contribution in [2.45, 2.75) is 19.4 Å². The van der Waals surface area contributed by atoms with Gasteiger partial charge in [0.15, 0.2) is 0 Å². The normalized spacial score (nSPS) is 11.8. The fourth-order valence-corrected chi connectivity index (χ4v) is 2.33. The van der Waals surface area contributed by atoms with Crippen LogP contribution in [0.5, 0.6) is 11.5 Å². The highest BCUT2D eigenvalue weighted by Gasteiger charge is 2.15. The molecule has 2 rings (SSSR count). The number of hydrogen-bond acceptors (Lipinski definition) is 3. The molecular weight excluding hydrogens is 302 g/mol. The number of carbonyl (C=O) groups excluding carboxylic acids is 1. The zero-order valence-corrected chi connectivity index (χ0v) is 13.2. The predicted molar refractivity (Wildman–Crippen MR) is 86.6 cm³/mol. The van der Waals surface area contributed by atoms with Gasteiger partial charge in [-0.15, -0.1) is 0 Å². The van der Waals surface area contributed by atoms with Gasteiger partial charge in [0.2, 0.25) is 0 Å². The van der Waals surface area contributed by atoms with Gasteiger partial charge in [-0.1, -0.05) is 30.7 Å². The molecule has 0 saturated heterocycles. The minimum atomic E-state index is -0.232. The summed E-state index contributed by atoms with van der Waals surface area (Å²) in [6.07, 6.45) is 0.754. The summed E-state index contributed by atoms with van der Waals surface area (Å²) in [5, 5.41) is 12.5. The number of amides is 1. The average Bonchev–Trinajstić information content (AvgIpc) is 2.55. The van der Waals surface area contributed by atoms with E-state index >= 15 is 0 Å². The van der Waals surface area contributed by atoms with E-state index in [-0.39, 0.29) is 22.7 Å². The Morgan fingerprint density at radius 1 is 1.27 bits per heavy atom. The van der Waals surface area contributed by atoms with Crippen molar-refractivity contribution in [2.24, 2.45) is 0 Å². The maximum Gasteiger partial charge on any atom is 0.251 e. The van der Waals surface area contributed by atoms with Crippen molar-refractivity contribution in [2.75, 3.05) is 7.11 Å². The molecule has 0 saturated carbocycles. The van der Waals surface area contributed by atoms with E-state index < -0.39 is 0 Å². The van der Waals surface area contributed by atoms with E-state index in [1.54, 1.807) is 7.11 Å². The number of halogens is 1. The van der Waals surface area contributed by atoms with Gasteiger partial charge in [-0.25, -0.2) is 0 Å². The molecule has 0 fully saturated rings. The molecule has 0 radical (unpaired) electrons. The van der Waals surface area contributed by atoms with Crippen molar-refractivity contribution in [3.63, 3.8) is 0 Å². The third-order valence-electron chi connectivity index (χ3n) is 3.44. The summed E-state index contributed by atoms with van der Waals surface area (Å²) in [6, 6.07) is 11.9. The first-order valence-electron chi connectivity index (χ1n) is 6.98. The van der Waals surface area contributed by atoms with Gasteiger partial charge in [0.25, 0.3) is 5.91 Å². The molecular formula is C17H18ClNO3. The van der Waals surface area contributed by atoms with Crippen molar-refractivity contribution in [3.8, 4) is 11.5 Å². The highest BCUT2D eigenvalue weighted by molar-refractivity contribution is 6.32. The maximum absolute atomic E-state index is 12.3. The molecule has 1 amide bonds. The summed E-state index contributed by atoms with van der Waals surface area (Å²) in [5.74, 6) is 0.500. The monoisotopic (exact) mass is 319 g/mol. The number of phenolic OH excluding ortho intramolecular Hbond substituents is 1. The summed E-state index contributed by atoms with van der Waals surface area (Å²) in [6.45, 7) is 2.00. The van der Waals surface area contributed by atoms with Gasteiger partial charge in [-0.3, -0.25) is 4.79 Å². The Hall–Kier alpha value is -2.20. The largest absolute Gasteiger partial charge is 0.506 e. The van der Waals surface area contributed by atoms with Gasteiger partial charge < -0.3 is 15.2 Å². The molecule has 1 atom stereocenters. The van der Waals surface area contributed by atoms with Crippen LogP contribution in [0, 0.1) is 0 Å². The summed E-state index contributed by atoms with van der Waals surface area (Å²) >= 11 is 5.83. The number of rotatable bonds is 5. The van der Waals surface area contributed by atoms with E-state index in [4.69, 9.17) is 16.3 Å². The summed E-state index contributed by atoms with van der Waals surface area (Å²) in [5.41, 5.74) is 1.41. The molecule has 0 aliphatic heterocycles. The molecule has 2 aromatic rings. The van der Waals surface area contributed by atoms with Crippen molar-refractivity contribution in [3.05, 3.63) is 58.6 Å². The van der Waals surface area contributed by atoms with Gasteiger partial charge in [0.05, 0.1) is 18.2 Å². The van der Waals surface area contributed by atoms with Crippen LogP contribution in [-0.2, 0) is 0 Å². The first-order valence-corrected chi connectivity index (χ1v) is 7.36. The lowest BCUT2D eigenvalue weighted by atomic mass is 10.0. The summed E-state index contributed by atoms with van der Waals surface area (Å²) in [4.78, 5) is 12.3. The molecule has 116 valence electrons. The third-order valence-corrected chi connectivity index (χ3v) is 3.74. The third kappa shape index (κ3) is 3.71. The molecule has 0 bridgehead atoms. The molecule has 0 heterocycles. The zero-order valence-electron chi connectivity index (χ0n) is 12.5. The van der Waals surface area contributed by atoms with E-state index in [2.05, 4.69) is 5.32 Å². The standard InChI is InChI=1S/C17H18ClNO3/c1-3-15(11-4-7-13(22-2)8-5-11)19-17(21)12-6-9-16(20)14(18)10-12/h4-10,15,20H,3H2,1-2H3,(H,19,21). The SMILES string of the molecule is CCC(NC(=O)c1ccc(O)c(Cl)c1)c1ccc(OC)cc1. The highest BCUT2D eigenvalue weighted by atomic mass is 35.5. The molecule has 0 aliphatic carbocycles. The van der Waals surface area contributed by atoms with Crippen LogP contribution in [0.15, 0.2) is 42.5 Å². The minimum Gasteiger partial charge on any atom is -0.506 e. The molecule has 1 unspecified atom stereocenters. The van der Waals surface area contributed by atoms with E-state index in [1.165, 1.54) is 18.2 Å². The number of nitrogens with one attached hydrogen (secondary N) is 1. The smallest absolute Gasteiger partial charge is 0.251 e. The number of phenols is 1. The summed E-state index contributed by atoms with van der Waals surface area (Å²) < 4.78 is 5.13. The Morgan fingerprint density at radius 2 is 1.95 bits per heavy atom. The number of methoxy groups -OCH3 is 1. The lowest BCUT2D eigenvalue weighted by Gasteiger charge is -2.18. The Balaban J connectivity index is 2.14. The Labute approximate surface area is 134 Å². The average molecular weight is 320 g/mol. The minimum absolute atomic E-state index is 0.0413. The van der Waals surface area contributed by atoms with Crippen LogP contribution in [0.1, 0.15) is 35.3 Å². The van der Waals surface area contributed by atoms with Crippen molar-refractivity contribution in [1.29, 1.82) is 0 Å². The molecule has 2 aromatic carbocycles. The fraction of sp³-hybridized carbons (Fsp3) is 0.235. The lowest BCUT2D eigenvalue weighted by molar-refractivity contribution is 0.0935. The quantitative estimate of drug-likeness (QED) is 0.877. The summed E-state index contributed by atoms with van der Waals surface area (Å²) in [7, 11) is 1.61. The van der Waals surface area contributed by atoms with Crippen LogP contribution in [0.25, 0.3) is 0 Å². The molecule has 5 heteroatoms.